The van der Waals surface area contributed by atoms with Gasteiger partial charge < -0.3 is 24.4 Å². The molecule has 25 heavy (non-hydrogen) atoms. The Labute approximate surface area is 145 Å². The van der Waals surface area contributed by atoms with Gasteiger partial charge in [0.05, 0.1) is 13.7 Å². The molecule has 1 aromatic carbocycles. The highest BCUT2D eigenvalue weighted by molar-refractivity contribution is 5.96. The van der Waals surface area contributed by atoms with E-state index in [4.69, 9.17) is 14.2 Å². The number of hydrogen-bond donors (Lipinski definition) is 2. The maximum Gasteiger partial charge on any atom is 0.303 e. The van der Waals surface area contributed by atoms with Gasteiger partial charge in [-0.05, 0) is 42.8 Å². The quantitative estimate of drug-likeness (QED) is 0.618. The number of carbonyl (C=O) groups excluding carboxylic acids is 1. The molecule has 2 N–H and O–H groups in total. The number of aliphatic hydroxyl groups is 2. The zero-order chi connectivity index (χ0) is 18.2. The Morgan fingerprint density at radius 1 is 1.36 bits per heavy atom. The number of benzene rings is 1. The van der Waals surface area contributed by atoms with Gasteiger partial charge >= 0.3 is 5.97 Å². The molecule has 1 spiro atoms. The van der Waals surface area contributed by atoms with Crippen molar-refractivity contribution in [3.8, 4) is 5.75 Å². The van der Waals surface area contributed by atoms with Crippen LogP contribution in [0.25, 0.3) is 0 Å². The number of ether oxygens (including phenoxy) is 3. The third-order valence-corrected chi connectivity index (χ3v) is 4.66. The number of hydrogen-bond acceptors (Lipinski definition) is 7. The van der Waals surface area contributed by atoms with Crippen LogP contribution >= 0.6 is 0 Å². The molecule has 3 rings (SSSR count). The molecule has 0 unspecified atom stereocenters. The number of rotatable bonds is 4. The molecule has 134 valence electrons. The van der Waals surface area contributed by atoms with E-state index in [0.717, 1.165) is 5.56 Å². The molecule has 0 saturated carbocycles. The molecule has 1 aliphatic heterocycles. The average molecular weight is 347 g/mol. The summed E-state index contributed by atoms with van der Waals surface area (Å²) in [5.41, 5.74) is -0.129. The van der Waals surface area contributed by atoms with Crippen LogP contribution in [-0.2, 0) is 14.3 Å². The largest absolute Gasteiger partial charge is 0.497 e. The lowest BCUT2D eigenvalue weighted by Gasteiger charge is -2.33. The summed E-state index contributed by atoms with van der Waals surface area (Å²) >= 11 is 0. The maximum absolute atomic E-state index is 11.5. The molecule has 0 fully saturated rings. The molecule has 0 bridgehead atoms. The van der Waals surface area contributed by atoms with E-state index in [1.807, 2.05) is 0 Å². The van der Waals surface area contributed by atoms with Gasteiger partial charge in [0.2, 0.25) is 5.90 Å². The summed E-state index contributed by atoms with van der Waals surface area (Å²) < 4.78 is 16.4. The molecule has 7 nitrogen and oxygen atoms in total. The van der Waals surface area contributed by atoms with Gasteiger partial charge in [0.15, 0.2) is 11.6 Å². The highest BCUT2D eigenvalue weighted by atomic mass is 16.6. The molecule has 1 aromatic rings. The van der Waals surface area contributed by atoms with Crippen molar-refractivity contribution in [2.75, 3.05) is 13.7 Å². The lowest BCUT2D eigenvalue weighted by atomic mass is 9.86. The first-order valence-corrected chi connectivity index (χ1v) is 8.00. The van der Waals surface area contributed by atoms with Crippen molar-refractivity contribution in [2.45, 2.75) is 37.7 Å². The van der Waals surface area contributed by atoms with Crippen LogP contribution in [0.1, 0.15) is 19.4 Å². The molecule has 7 heteroatoms. The molecular weight excluding hydrogens is 326 g/mol. The molecule has 0 radical (unpaired) electrons. The van der Waals surface area contributed by atoms with E-state index in [1.54, 1.807) is 44.4 Å². The second-order valence-electron chi connectivity index (χ2n) is 6.13. The number of aliphatic imine (C=N–C) groups is 1. The normalized spacial score (nSPS) is 30.7. The van der Waals surface area contributed by atoms with E-state index in [-0.39, 0.29) is 6.61 Å². The number of esters is 1. The molecule has 2 aliphatic rings. The Morgan fingerprint density at radius 2 is 2.04 bits per heavy atom. The molecule has 1 heterocycles. The van der Waals surface area contributed by atoms with Gasteiger partial charge in [0.1, 0.15) is 18.0 Å². The third kappa shape index (κ3) is 2.79. The van der Waals surface area contributed by atoms with Crippen molar-refractivity contribution >= 4 is 11.9 Å². The van der Waals surface area contributed by atoms with Crippen LogP contribution in [-0.4, -0.2) is 59.6 Å². The van der Waals surface area contributed by atoms with Gasteiger partial charge in [-0.2, -0.15) is 0 Å². The van der Waals surface area contributed by atoms with E-state index in [1.165, 1.54) is 6.92 Å². The maximum atomic E-state index is 11.5. The lowest BCUT2D eigenvalue weighted by molar-refractivity contribution is -0.149. The summed E-state index contributed by atoms with van der Waals surface area (Å²) in [6, 6.07) is 7.16. The average Bonchev–Trinajstić information content (AvgIpc) is 3.08. The second-order valence-corrected chi connectivity index (χ2v) is 6.13. The Bertz CT molecular complexity index is 726. The number of carbonyl (C=O) groups is 1. The number of aliphatic hydroxyl groups excluding tert-OH is 2. The minimum atomic E-state index is -1.21. The minimum Gasteiger partial charge on any atom is -0.497 e. The highest BCUT2D eigenvalue weighted by Crippen LogP contribution is 2.43. The van der Waals surface area contributed by atoms with Crippen molar-refractivity contribution < 1.29 is 29.2 Å². The minimum absolute atomic E-state index is 0.346. The topological polar surface area (TPSA) is 97.6 Å². The Hall–Kier alpha value is -2.38. The predicted molar refractivity (Wildman–Crippen MR) is 89.5 cm³/mol. The van der Waals surface area contributed by atoms with Crippen LogP contribution in [0.15, 0.2) is 40.9 Å². The fourth-order valence-electron chi connectivity index (χ4n) is 3.32. The molecule has 1 aliphatic carbocycles. The van der Waals surface area contributed by atoms with Crippen LogP contribution in [0.2, 0.25) is 0 Å². The summed E-state index contributed by atoms with van der Waals surface area (Å²) in [6.07, 6.45) is -0.920. The molecule has 0 saturated heterocycles. The van der Waals surface area contributed by atoms with Crippen LogP contribution in [0.5, 0.6) is 5.75 Å². The van der Waals surface area contributed by atoms with Gasteiger partial charge in [0, 0.05) is 12.5 Å². The van der Waals surface area contributed by atoms with Gasteiger partial charge in [-0.1, -0.05) is 0 Å². The standard InChI is InChI=1S/C18H21NO6/c1-10-18(15(25-11(2)21)8-13(9-20)16(18)22)19-17(24-10)12-4-6-14(23-3)7-5-12/h4-8,10,15-16,20,22H,9H2,1-3H3/t10-,15+,16-,18-/m0/s1. The fraction of sp³-hybridized carbons (Fsp3) is 0.444. The summed E-state index contributed by atoms with van der Waals surface area (Å²) in [7, 11) is 1.58. The second kappa shape index (κ2) is 6.50. The van der Waals surface area contributed by atoms with Crippen LogP contribution in [0.4, 0.5) is 0 Å². The monoisotopic (exact) mass is 347 g/mol. The Morgan fingerprint density at radius 3 is 2.60 bits per heavy atom. The predicted octanol–water partition coefficient (Wildman–Crippen LogP) is 0.824. The fourth-order valence-corrected chi connectivity index (χ4v) is 3.32. The highest BCUT2D eigenvalue weighted by Gasteiger charge is 2.60. The molecule has 0 aromatic heterocycles. The van der Waals surface area contributed by atoms with E-state index < -0.39 is 29.8 Å². The molecule has 4 atom stereocenters. The zero-order valence-corrected chi connectivity index (χ0v) is 14.3. The van der Waals surface area contributed by atoms with Crippen molar-refractivity contribution in [1.82, 2.24) is 0 Å². The first kappa shape index (κ1) is 17.4. The first-order valence-electron chi connectivity index (χ1n) is 8.00. The van der Waals surface area contributed by atoms with E-state index in [0.29, 0.717) is 17.2 Å². The van der Waals surface area contributed by atoms with Crippen molar-refractivity contribution in [3.63, 3.8) is 0 Å². The molecular formula is C18H21NO6. The first-order chi connectivity index (χ1) is 11.9. The van der Waals surface area contributed by atoms with Crippen LogP contribution in [0, 0.1) is 0 Å². The van der Waals surface area contributed by atoms with Crippen molar-refractivity contribution in [2.24, 2.45) is 4.99 Å². The summed E-state index contributed by atoms with van der Waals surface area (Å²) in [4.78, 5) is 16.1. The van der Waals surface area contributed by atoms with E-state index in [2.05, 4.69) is 4.99 Å². The number of nitrogens with zero attached hydrogens (tertiary/aromatic N) is 1. The third-order valence-electron chi connectivity index (χ3n) is 4.66. The van der Waals surface area contributed by atoms with Crippen LogP contribution in [0.3, 0.4) is 0 Å². The van der Waals surface area contributed by atoms with Gasteiger partial charge in [-0.3, -0.25) is 4.79 Å². The van der Waals surface area contributed by atoms with Gasteiger partial charge in [-0.25, -0.2) is 4.99 Å². The van der Waals surface area contributed by atoms with E-state index >= 15 is 0 Å². The summed E-state index contributed by atoms with van der Waals surface area (Å²) in [5, 5.41) is 20.2. The van der Waals surface area contributed by atoms with Crippen molar-refractivity contribution in [3.05, 3.63) is 41.5 Å². The van der Waals surface area contributed by atoms with E-state index in [9.17, 15) is 15.0 Å². The summed E-state index contributed by atoms with van der Waals surface area (Å²) in [6.45, 7) is 2.70. The lowest BCUT2D eigenvalue weighted by Crippen LogP contribution is -2.53. The smallest absolute Gasteiger partial charge is 0.303 e. The Kier molecular flexibility index (Phi) is 4.53. The number of methoxy groups -OCH3 is 1. The molecule has 0 amide bonds. The van der Waals surface area contributed by atoms with Gasteiger partial charge in [0.25, 0.3) is 0 Å². The van der Waals surface area contributed by atoms with Gasteiger partial charge in [-0.15, -0.1) is 0 Å². The zero-order valence-electron chi connectivity index (χ0n) is 14.3. The van der Waals surface area contributed by atoms with Crippen LogP contribution < -0.4 is 4.74 Å². The van der Waals surface area contributed by atoms with Crippen molar-refractivity contribution in [1.29, 1.82) is 0 Å². The Balaban J connectivity index is 2.00. The SMILES string of the molecule is COc1ccc(C2=N[C@@]3([C@H](C)O2)[C@H](OC(C)=O)C=C(CO)[C@@H]3O)cc1. The summed E-state index contributed by atoms with van der Waals surface area (Å²) in [5.74, 6) is 0.555.